The largest absolute Gasteiger partial charge is 0.383 e. The van der Waals surface area contributed by atoms with Crippen molar-refractivity contribution in [3.8, 4) is 0 Å². The summed E-state index contributed by atoms with van der Waals surface area (Å²) in [5, 5.41) is 3.55. The highest BCUT2D eigenvalue weighted by atomic mass is 16.5. The maximum atomic E-state index is 5.27. The van der Waals surface area contributed by atoms with Gasteiger partial charge in [0.1, 0.15) is 0 Å². The molecular weight excluding hydrogens is 200 g/mol. The van der Waals surface area contributed by atoms with Gasteiger partial charge in [-0.1, -0.05) is 13.3 Å². The first-order chi connectivity index (χ1) is 7.79. The van der Waals surface area contributed by atoms with E-state index in [1.54, 1.807) is 7.11 Å². The molecule has 1 saturated heterocycles. The average Bonchev–Trinajstić information content (AvgIpc) is 2.30. The summed E-state index contributed by atoms with van der Waals surface area (Å²) in [5.74, 6) is 0. The lowest BCUT2D eigenvalue weighted by atomic mass is 10.00. The number of piperidine rings is 1. The average molecular weight is 228 g/mol. The highest BCUT2D eigenvalue weighted by Crippen LogP contribution is 2.19. The lowest BCUT2D eigenvalue weighted by Crippen LogP contribution is -2.50. The first kappa shape index (κ1) is 13.9. The van der Waals surface area contributed by atoms with E-state index in [2.05, 4.69) is 24.1 Å². The molecule has 16 heavy (non-hydrogen) atoms. The molecule has 0 radical (unpaired) electrons. The molecule has 0 aromatic heterocycles. The molecule has 0 aliphatic carbocycles. The third-order valence-electron chi connectivity index (χ3n) is 3.45. The zero-order valence-corrected chi connectivity index (χ0v) is 11.2. The van der Waals surface area contributed by atoms with Gasteiger partial charge in [0.15, 0.2) is 0 Å². The van der Waals surface area contributed by atoms with Gasteiger partial charge in [-0.05, 0) is 39.3 Å². The summed E-state index contributed by atoms with van der Waals surface area (Å²) in [5.41, 5.74) is 0. The van der Waals surface area contributed by atoms with Gasteiger partial charge in [-0.15, -0.1) is 0 Å². The van der Waals surface area contributed by atoms with Crippen molar-refractivity contribution in [2.24, 2.45) is 0 Å². The second kappa shape index (κ2) is 8.04. The van der Waals surface area contributed by atoms with Gasteiger partial charge in [0.25, 0.3) is 0 Å². The topological polar surface area (TPSA) is 24.5 Å². The number of rotatable bonds is 7. The fourth-order valence-electron chi connectivity index (χ4n) is 2.60. The molecule has 2 atom stereocenters. The fourth-order valence-corrected chi connectivity index (χ4v) is 2.60. The summed E-state index contributed by atoms with van der Waals surface area (Å²) in [6.07, 6.45) is 5.29. The van der Waals surface area contributed by atoms with E-state index in [1.807, 2.05) is 0 Å². The normalized spacial score (nSPS) is 24.6. The Labute approximate surface area is 101 Å². The number of ether oxygens (including phenoxy) is 1. The van der Waals surface area contributed by atoms with E-state index in [0.29, 0.717) is 12.1 Å². The Bertz CT molecular complexity index is 175. The molecule has 0 spiro atoms. The molecule has 0 amide bonds. The summed E-state index contributed by atoms with van der Waals surface area (Å²) in [6.45, 7) is 8.87. The lowest BCUT2D eigenvalue weighted by Gasteiger charge is -2.39. The Balaban J connectivity index is 2.36. The molecule has 3 nitrogen and oxygen atoms in total. The number of nitrogens with one attached hydrogen (secondary N) is 1. The van der Waals surface area contributed by atoms with Crippen molar-refractivity contribution in [1.29, 1.82) is 0 Å². The van der Waals surface area contributed by atoms with Crippen LogP contribution in [-0.2, 0) is 4.74 Å². The molecule has 0 bridgehead atoms. The van der Waals surface area contributed by atoms with Crippen molar-refractivity contribution >= 4 is 0 Å². The van der Waals surface area contributed by atoms with Gasteiger partial charge in [-0.25, -0.2) is 0 Å². The molecule has 1 aliphatic rings. The van der Waals surface area contributed by atoms with Crippen LogP contribution >= 0.6 is 0 Å². The van der Waals surface area contributed by atoms with Gasteiger partial charge >= 0.3 is 0 Å². The summed E-state index contributed by atoms with van der Waals surface area (Å²) in [7, 11) is 1.80. The van der Waals surface area contributed by atoms with Gasteiger partial charge in [0.05, 0.1) is 6.61 Å². The summed E-state index contributed by atoms with van der Waals surface area (Å²) in [4.78, 5) is 2.62. The zero-order chi connectivity index (χ0) is 11.8. The van der Waals surface area contributed by atoms with E-state index in [-0.39, 0.29) is 0 Å². The number of hydrogen-bond acceptors (Lipinski definition) is 3. The maximum absolute atomic E-state index is 5.27. The molecule has 1 aliphatic heterocycles. The molecule has 1 heterocycles. The Hall–Kier alpha value is -0.120. The molecule has 0 aromatic carbocycles. The van der Waals surface area contributed by atoms with Crippen LogP contribution in [0.15, 0.2) is 0 Å². The Morgan fingerprint density at radius 2 is 2.25 bits per heavy atom. The van der Waals surface area contributed by atoms with Gasteiger partial charge in [0.2, 0.25) is 0 Å². The minimum atomic E-state index is 0.554. The van der Waals surface area contributed by atoms with Gasteiger partial charge in [-0.2, -0.15) is 0 Å². The molecule has 1 fully saturated rings. The Morgan fingerprint density at radius 1 is 1.44 bits per heavy atom. The maximum Gasteiger partial charge on any atom is 0.0615 e. The van der Waals surface area contributed by atoms with Crippen molar-refractivity contribution in [2.75, 3.05) is 33.4 Å². The molecule has 3 heteroatoms. The quantitative estimate of drug-likeness (QED) is 0.673. The van der Waals surface area contributed by atoms with E-state index in [9.17, 15) is 0 Å². The van der Waals surface area contributed by atoms with E-state index < -0.39 is 0 Å². The molecule has 0 saturated carbocycles. The smallest absolute Gasteiger partial charge is 0.0615 e. The summed E-state index contributed by atoms with van der Waals surface area (Å²) in [6, 6.07) is 1.27. The minimum absolute atomic E-state index is 0.554. The fraction of sp³-hybridized carbons (Fsp3) is 1.00. The highest BCUT2D eigenvalue weighted by Gasteiger charge is 2.25. The van der Waals surface area contributed by atoms with Crippen molar-refractivity contribution < 1.29 is 4.74 Å². The molecule has 96 valence electrons. The van der Waals surface area contributed by atoms with Gasteiger partial charge in [-0.3, -0.25) is 4.90 Å². The van der Waals surface area contributed by atoms with Crippen molar-refractivity contribution in [2.45, 2.75) is 51.6 Å². The molecule has 1 N–H and O–H groups in total. The predicted octanol–water partition coefficient (Wildman–Crippen LogP) is 1.88. The second-order valence-corrected chi connectivity index (χ2v) is 4.90. The van der Waals surface area contributed by atoms with E-state index in [1.165, 1.54) is 32.2 Å². The minimum Gasteiger partial charge on any atom is -0.383 e. The van der Waals surface area contributed by atoms with Crippen molar-refractivity contribution in [1.82, 2.24) is 10.2 Å². The number of nitrogens with zero attached hydrogens (tertiary/aromatic N) is 1. The molecule has 2 unspecified atom stereocenters. The van der Waals surface area contributed by atoms with Crippen LogP contribution in [0.5, 0.6) is 0 Å². The summed E-state index contributed by atoms with van der Waals surface area (Å²) < 4.78 is 5.27. The number of likely N-dealkylation sites (tertiary alicyclic amines) is 1. The van der Waals surface area contributed by atoms with Crippen molar-refractivity contribution in [3.63, 3.8) is 0 Å². The third-order valence-corrected chi connectivity index (χ3v) is 3.45. The molecule has 0 aromatic rings. The Morgan fingerprint density at radius 3 is 2.94 bits per heavy atom. The van der Waals surface area contributed by atoms with E-state index in [4.69, 9.17) is 4.74 Å². The van der Waals surface area contributed by atoms with Gasteiger partial charge in [0, 0.05) is 25.7 Å². The van der Waals surface area contributed by atoms with Crippen LogP contribution in [-0.4, -0.2) is 50.3 Å². The second-order valence-electron chi connectivity index (χ2n) is 4.90. The number of methoxy groups -OCH3 is 1. The Kier molecular flexibility index (Phi) is 7.01. The summed E-state index contributed by atoms with van der Waals surface area (Å²) >= 11 is 0. The predicted molar refractivity (Wildman–Crippen MR) is 68.8 cm³/mol. The van der Waals surface area contributed by atoms with Crippen LogP contribution in [0.1, 0.15) is 39.5 Å². The van der Waals surface area contributed by atoms with Crippen LogP contribution in [0.3, 0.4) is 0 Å². The first-order valence-corrected chi connectivity index (χ1v) is 6.75. The third kappa shape index (κ3) is 4.40. The molecule has 1 rings (SSSR count). The zero-order valence-electron chi connectivity index (χ0n) is 11.2. The van der Waals surface area contributed by atoms with Crippen LogP contribution in [0.4, 0.5) is 0 Å². The van der Waals surface area contributed by atoms with E-state index in [0.717, 1.165) is 19.7 Å². The van der Waals surface area contributed by atoms with Crippen molar-refractivity contribution in [3.05, 3.63) is 0 Å². The van der Waals surface area contributed by atoms with Crippen LogP contribution in [0.25, 0.3) is 0 Å². The SMILES string of the molecule is CCCNCC1CCCCN1C(C)COC. The van der Waals surface area contributed by atoms with Crippen LogP contribution < -0.4 is 5.32 Å². The van der Waals surface area contributed by atoms with Crippen LogP contribution in [0.2, 0.25) is 0 Å². The highest BCUT2D eigenvalue weighted by molar-refractivity contribution is 4.82. The monoisotopic (exact) mass is 228 g/mol. The standard InChI is InChI=1S/C13H28N2O/c1-4-8-14-10-13-7-5-6-9-15(13)12(2)11-16-3/h12-14H,4-11H2,1-3H3. The molecular formula is C13H28N2O. The first-order valence-electron chi connectivity index (χ1n) is 6.75. The van der Waals surface area contributed by atoms with Gasteiger partial charge < -0.3 is 10.1 Å². The van der Waals surface area contributed by atoms with E-state index >= 15 is 0 Å². The lowest BCUT2D eigenvalue weighted by molar-refractivity contribution is 0.0489. The van der Waals surface area contributed by atoms with Crippen LogP contribution in [0, 0.1) is 0 Å². The number of hydrogen-bond donors (Lipinski definition) is 1.